The molecule has 2 rings (SSSR count). The second-order valence-corrected chi connectivity index (χ2v) is 5.88. The van der Waals surface area contributed by atoms with Crippen LogP contribution in [-0.4, -0.2) is 19.3 Å². The van der Waals surface area contributed by atoms with Gasteiger partial charge in [-0.05, 0) is 37.5 Å². The molecular weight excluding hydrogens is 300 g/mol. The van der Waals surface area contributed by atoms with Crippen LogP contribution >= 0.6 is 11.6 Å². The van der Waals surface area contributed by atoms with Crippen molar-refractivity contribution in [1.29, 1.82) is 0 Å². The van der Waals surface area contributed by atoms with Crippen LogP contribution in [0, 0.1) is 20.8 Å². The zero-order valence-corrected chi connectivity index (χ0v) is 14.3. The first-order chi connectivity index (χ1) is 10.4. The van der Waals surface area contributed by atoms with Gasteiger partial charge in [-0.2, -0.15) is 0 Å². The molecule has 118 valence electrons. The number of methoxy groups -OCH3 is 2. The molecule has 1 N–H and O–H groups in total. The van der Waals surface area contributed by atoms with Crippen LogP contribution in [-0.2, 0) is 6.42 Å². The predicted octanol–water partition coefficient (Wildman–Crippen LogP) is 4.58. The highest BCUT2D eigenvalue weighted by Gasteiger charge is 2.20. The fourth-order valence-electron chi connectivity index (χ4n) is 2.85. The first kappa shape index (κ1) is 16.5. The summed E-state index contributed by atoms with van der Waals surface area (Å²) in [6.45, 7) is 6.21. The van der Waals surface area contributed by atoms with Crippen molar-refractivity contribution >= 4 is 11.6 Å². The number of phenolic OH excluding ortho intramolecular Hbond substituents is 1. The van der Waals surface area contributed by atoms with E-state index in [1.54, 1.807) is 20.3 Å². The van der Waals surface area contributed by atoms with E-state index in [4.69, 9.17) is 21.1 Å². The molecule has 0 aliphatic heterocycles. The van der Waals surface area contributed by atoms with Crippen molar-refractivity contribution in [2.45, 2.75) is 27.2 Å². The molecule has 22 heavy (non-hydrogen) atoms. The maximum absolute atomic E-state index is 10.4. The van der Waals surface area contributed by atoms with Gasteiger partial charge in [-0.3, -0.25) is 0 Å². The average Bonchev–Trinajstić information content (AvgIpc) is 2.46. The van der Waals surface area contributed by atoms with E-state index in [0.29, 0.717) is 23.5 Å². The van der Waals surface area contributed by atoms with Crippen LogP contribution in [0.5, 0.6) is 17.2 Å². The Balaban J connectivity index is 2.61. The summed E-state index contributed by atoms with van der Waals surface area (Å²) in [6, 6.07) is 5.83. The van der Waals surface area contributed by atoms with Crippen LogP contribution in [0.1, 0.15) is 27.8 Å². The summed E-state index contributed by atoms with van der Waals surface area (Å²) in [5.74, 6) is 1.07. The molecule has 0 unspecified atom stereocenters. The number of hydrogen-bond acceptors (Lipinski definition) is 3. The number of halogens is 1. The van der Waals surface area contributed by atoms with E-state index in [9.17, 15) is 5.11 Å². The van der Waals surface area contributed by atoms with Crippen molar-refractivity contribution in [1.82, 2.24) is 0 Å². The molecule has 0 aromatic heterocycles. The van der Waals surface area contributed by atoms with Crippen molar-refractivity contribution < 1.29 is 14.6 Å². The Morgan fingerprint density at radius 1 is 0.955 bits per heavy atom. The van der Waals surface area contributed by atoms with Gasteiger partial charge in [0.2, 0.25) is 0 Å². The number of phenols is 1. The molecule has 0 bridgehead atoms. The van der Waals surface area contributed by atoms with E-state index in [-0.39, 0.29) is 10.8 Å². The highest BCUT2D eigenvalue weighted by Crippen LogP contribution is 2.43. The molecule has 4 heteroatoms. The Bertz CT molecular complexity index is 685. The van der Waals surface area contributed by atoms with Gasteiger partial charge < -0.3 is 14.6 Å². The summed E-state index contributed by atoms with van der Waals surface area (Å²) in [5, 5.41) is 10.6. The Morgan fingerprint density at radius 3 is 2.05 bits per heavy atom. The molecule has 0 aliphatic rings. The third kappa shape index (κ3) is 3.00. The van der Waals surface area contributed by atoms with Crippen LogP contribution in [0.2, 0.25) is 5.02 Å². The van der Waals surface area contributed by atoms with Crippen LogP contribution in [0.15, 0.2) is 18.2 Å². The Morgan fingerprint density at radius 2 is 1.55 bits per heavy atom. The van der Waals surface area contributed by atoms with Gasteiger partial charge in [0, 0.05) is 18.1 Å². The number of benzene rings is 2. The van der Waals surface area contributed by atoms with Crippen molar-refractivity contribution in [3.8, 4) is 17.2 Å². The number of aromatic hydroxyl groups is 1. The molecule has 0 saturated carbocycles. The van der Waals surface area contributed by atoms with Gasteiger partial charge in [0.25, 0.3) is 0 Å². The lowest BCUT2D eigenvalue weighted by Gasteiger charge is -2.18. The van der Waals surface area contributed by atoms with Gasteiger partial charge >= 0.3 is 0 Å². The van der Waals surface area contributed by atoms with Gasteiger partial charge in [0.15, 0.2) is 11.5 Å². The number of aryl methyl sites for hydroxylation is 3. The molecule has 0 saturated heterocycles. The summed E-state index contributed by atoms with van der Waals surface area (Å²) >= 11 is 6.11. The van der Waals surface area contributed by atoms with Gasteiger partial charge in [-0.25, -0.2) is 0 Å². The van der Waals surface area contributed by atoms with E-state index >= 15 is 0 Å². The standard InChI is InChI=1S/C18H21ClO3/c1-10-6-11(2)13(12(3)7-10)8-14-17(20)15(19)9-16(21-4)18(14)22-5/h6-7,9,20H,8H2,1-5H3. The van der Waals surface area contributed by atoms with E-state index < -0.39 is 0 Å². The maximum Gasteiger partial charge on any atom is 0.168 e. The Labute approximate surface area is 136 Å². The first-order valence-corrected chi connectivity index (χ1v) is 7.45. The van der Waals surface area contributed by atoms with Gasteiger partial charge in [0.1, 0.15) is 5.75 Å². The summed E-state index contributed by atoms with van der Waals surface area (Å²) < 4.78 is 10.7. The van der Waals surface area contributed by atoms with Gasteiger partial charge in [-0.15, -0.1) is 0 Å². The highest BCUT2D eigenvalue weighted by atomic mass is 35.5. The Hall–Kier alpha value is -1.87. The Kier molecular flexibility index (Phi) is 4.87. The quantitative estimate of drug-likeness (QED) is 0.896. The first-order valence-electron chi connectivity index (χ1n) is 7.08. The average molecular weight is 321 g/mol. The third-order valence-corrected chi connectivity index (χ3v) is 4.17. The molecule has 0 heterocycles. The lowest BCUT2D eigenvalue weighted by Crippen LogP contribution is -2.02. The number of rotatable bonds is 4. The fourth-order valence-corrected chi connectivity index (χ4v) is 3.07. The van der Waals surface area contributed by atoms with Crippen LogP contribution in [0.25, 0.3) is 0 Å². The van der Waals surface area contributed by atoms with Crippen LogP contribution in [0.4, 0.5) is 0 Å². The minimum atomic E-state index is 0.0405. The topological polar surface area (TPSA) is 38.7 Å². The molecule has 2 aromatic carbocycles. The SMILES string of the molecule is COc1cc(Cl)c(O)c(Cc2c(C)cc(C)cc2C)c1OC. The third-order valence-electron chi connectivity index (χ3n) is 3.89. The van der Waals surface area contributed by atoms with Gasteiger partial charge in [-0.1, -0.05) is 29.3 Å². The lowest BCUT2D eigenvalue weighted by atomic mass is 9.93. The zero-order valence-electron chi connectivity index (χ0n) is 13.6. The lowest BCUT2D eigenvalue weighted by molar-refractivity contribution is 0.347. The largest absolute Gasteiger partial charge is 0.506 e. The van der Waals surface area contributed by atoms with Crippen molar-refractivity contribution in [2.75, 3.05) is 14.2 Å². The molecule has 2 aromatic rings. The monoisotopic (exact) mass is 320 g/mol. The van der Waals surface area contributed by atoms with E-state index in [1.807, 2.05) is 0 Å². The van der Waals surface area contributed by atoms with E-state index in [1.165, 1.54) is 16.7 Å². The smallest absolute Gasteiger partial charge is 0.168 e. The van der Waals surface area contributed by atoms with E-state index in [2.05, 4.69) is 32.9 Å². The molecule has 0 amide bonds. The fraction of sp³-hybridized carbons (Fsp3) is 0.333. The van der Waals surface area contributed by atoms with Crippen molar-refractivity contribution in [3.05, 3.63) is 51.0 Å². The molecule has 0 aliphatic carbocycles. The summed E-state index contributed by atoms with van der Waals surface area (Å²) in [4.78, 5) is 0. The maximum atomic E-state index is 10.4. The minimum absolute atomic E-state index is 0.0405. The molecule has 0 fully saturated rings. The molecular formula is C18H21ClO3. The molecule has 0 atom stereocenters. The van der Waals surface area contributed by atoms with Crippen LogP contribution < -0.4 is 9.47 Å². The summed E-state index contributed by atoms with van der Waals surface area (Å²) in [7, 11) is 3.11. The number of hydrogen-bond donors (Lipinski definition) is 1. The number of ether oxygens (including phenoxy) is 2. The molecule has 3 nitrogen and oxygen atoms in total. The van der Waals surface area contributed by atoms with Crippen molar-refractivity contribution in [2.24, 2.45) is 0 Å². The second-order valence-electron chi connectivity index (χ2n) is 5.48. The van der Waals surface area contributed by atoms with E-state index in [0.717, 1.165) is 5.56 Å². The summed E-state index contributed by atoms with van der Waals surface area (Å²) in [6.07, 6.45) is 0.532. The van der Waals surface area contributed by atoms with Crippen molar-refractivity contribution in [3.63, 3.8) is 0 Å². The van der Waals surface area contributed by atoms with Gasteiger partial charge in [0.05, 0.1) is 19.2 Å². The molecule has 0 radical (unpaired) electrons. The predicted molar refractivity (Wildman–Crippen MR) is 89.7 cm³/mol. The molecule has 0 spiro atoms. The zero-order chi connectivity index (χ0) is 16.4. The summed E-state index contributed by atoms with van der Waals surface area (Å²) in [5.41, 5.74) is 5.37. The second kappa shape index (κ2) is 6.49. The normalized spacial score (nSPS) is 10.6. The highest BCUT2D eigenvalue weighted by molar-refractivity contribution is 6.32. The minimum Gasteiger partial charge on any atom is -0.506 e. The van der Waals surface area contributed by atoms with Crippen LogP contribution in [0.3, 0.4) is 0 Å².